The quantitative estimate of drug-likeness (QED) is 0.320. The van der Waals surface area contributed by atoms with Gasteiger partial charge in [0.1, 0.15) is 5.82 Å². The van der Waals surface area contributed by atoms with Crippen LogP contribution in [-0.4, -0.2) is 37.8 Å². The molecule has 0 unspecified atom stereocenters. The summed E-state index contributed by atoms with van der Waals surface area (Å²) in [5.41, 5.74) is 2.88. The summed E-state index contributed by atoms with van der Waals surface area (Å²) < 4.78 is 6.81. The smallest absolute Gasteiger partial charge is 0.337 e. The SMILES string of the molecule is CCn1c(SCc2nc3cc(C(=O)OC)ccc3c(=O)[nH]2)nnc1-c1ccc(C(C)(C)C)cc1. The highest BCUT2D eigenvalue weighted by Crippen LogP contribution is 2.28. The van der Waals surface area contributed by atoms with Crippen LogP contribution in [0.3, 0.4) is 0 Å². The molecule has 0 aliphatic heterocycles. The van der Waals surface area contributed by atoms with Gasteiger partial charge in [0.2, 0.25) is 0 Å². The zero-order chi connectivity index (χ0) is 24.5. The van der Waals surface area contributed by atoms with Crippen molar-refractivity contribution in [3.8, 4) is 11.4 Å². The number of benzene rings is 2. The summed E-state index contributed by atoms with van der Waals surface area (Å²) in [5, 5.41) is 9.95. The van der Waals surface area contributed by atoms with Gasteiger partial charge in [-0.3, -0.25) is 4.79 Å². The van der Waals surface area contributed by atoms with Crippen molar-refractivity contribution in [3.05, 3.63) is 69.8 Å². The fraction of sp³-hybridized carbons (Fsp3) is 0.320. The van der Waals surface area contributed by atoms with Gasteiger partial charge in [-0.2, -0.15) is 0 Å². The van der Waals surface area contributed by atoms with Crippen molar-refractivity contribution in [3.63, 3.8) is 0 Å². The van der Waals surface area contributed by atoms with E-state index in [1.807, 2.05) is 11.5 Å². The van der Waals surface area contributed by atoms with Crippen LogP contribution in [-0.2, 0) is 22.4 Å². The van der Waals surface area contributed by atoms with E-state index < -0.39 is 5.97 Å². The number of carbonyl (C=O) groups is 1. The van der Waals surface area contributed by atoms with Gasteiger partial charge in [0, 0.05) is 12.1 Å². The highest BCUT2D eigenvalue weighted by Gasteiger charge is 2.17. The largest absolute Gasteiger partial charge is 0.465 e. The predicted molar refractivity (Wildman–Crippen MR) is 133 cm³/mol. The minimum atomic E-state index is -0.473. The predicted octanol–water partition coefficient (Wildman–Crippen LogP) is 4.58. The number of H-pyrrole nitrogens is 1. The molecule has 0 aliphatic carbocycles. The highest BCUT2D eigenvalue weighted by atomic mass is 32.2. The van der Waals surface area contributed by atoms with Crippen molar-refractivity contribution in [2.24, 2.45) is 0 Å². The second-order valence-electron chi connectivity index (χ2n) is 8.90. The molecule has 0 aliphatic rings. The van der Waals surface area contributed by atoms with E-state index in [0.717, 1.165) is 16.5 Å². The number of hydrogen-bond acceptors (Lipinski definition) is 7. The molecule has 34 heavy (non-hydrogen) atoms. The number of thioether (sulfide) groups is 1. The van der Waals surface area contributed by atoms with Gasteiger partial charge in [0.15, 0.2) is 11.0 Å². The van der Waals surface area contributed by atoms with Gasteiger partial charge >= 0.3 is 5.97 Å². The summed E-state index contributed by atoms with van der Waals surface area (Å²) in [5.74, 6) is 1.22. The van der Waals surface area contributed by atoms with Crippen molar-refractivity contribution < 1.29 is 9.53 Å². The minimum absolute atomic E-state index is 0.0827. The zero-order valence-corrected chi connectivity index (χ0v) is 20.7. The summed E-state index contributed by atoms with van der Waals surface area (Å²) in [6, 6.07) is 13.1. The molecule has 4 rings (SSSR count). The lowest BCUT2D eigenvalue weighted by atomic mass is 9.87. The average Bonchev–Trinajstić information content (AvgIpc) is 3.24. The van der Waals surface area contributed by atoms with Crippen LogP contribution in [0.1, 0.15) is 49.4 Å². The van der Waals surface area contributed by atoms with Crippen LogP contribution in [0.2, 0.25) is 0 Å². The highest BCUT2D eigenvalue weighted by molar-refractivity contribution is 7.98. The molecule has 0 radical (unpaired) electrons. The lowest BCUT2D eigenvalue weighted by Gasteiger charge is -2.19. The van der Waals surface area contributed by atoms with E-state index in [-0.39, 0.29) is 11.0 Å². The number of methoxy groups -OCH3 is 1. The second kappa shape index (κ2) is 9.42. The molecule has 0 atom stereocenters. The standard InChI is InChI=1S/C25H27N5O3S/c1-6-30-21(15-7-10-17(11-8-15)25(2,3)4)28-29-24(30)34-14-20-26-19-13-16(23(32)33-5)9-12-18(19)22(31)27-20/h7-13H,6,14H2,1-5H3,(H,26,27,31). The Bertz CT molecular complexity index is 1400. The monoisotopic (exact) mass is 477 g/mol. The van der Waals surface area contributed by atoms with Gasteiger partial charge in [-0.05, 0) is 36.1 Å². The summed E-state index contributed by atoms with van der Waals surface area (Å²) in [7, 11) is 1.32. The number of aromatic nitrogens is 5. The molecule has 0 saturated heterocycles. The van der Waals surface area contributed by atoms with E-state index in [0.29, 0.717) is 34.6 Å². The fourth-order valence-electron chi connectivity index (χ4n) is 3.65. The maximum atomic E-state index is 12.5. The lowest BCUT2D eigenvalue weighted by molar-refractivity contribution is 0.0601. The molecule has 2 aromatic carbocycles. The molecule has 4 aromatic rings. The first-order chi connectivity index (χ1) is 16.2. The van der Waals surface area contributed by atoms with Crippen molar-refractivity contribution >= 4 is 28.6 Å². The number of esters is 1. The van der Waals surface area contributed by atoms with Crippen molar-refractivity contribution in [1.29, 1.82) is 0 Å². The summed E-state index contributed by atoms with van der Waals surface area (Å²) in [6.45, 7) is 9.31. The number of fused-ring (bicyclic) bond motifs is 1. The lowest BCUT2D eigenvalue weighted by Crippen LogP contribution is -2.12. The molecule has 9 heteroatoms. The van der Waals surface area contributed by atoms with Crippen molar-refractivity contribution in [2.75, 3.05) is 7.11 Å². The molecule has 1 N–H and O–H groups in total. The first-order valence-corrected chi connectivity index (χ1v) is 12.0. The number of nitrogens with zero attached hydrogens (tertiary/aromatic N) is 4. The van der Waals surface area contributed by atoms with Crippen LogP contribution in [0, 0.1) is 0 Å². The number of rotatable bonds is 6. The molecule has 0 bridgehead atoms. The molecule has 2 heterocycles. The molecule has 0 fully saturated rings. The molecule has 176 valence electrons. The van der Waals surface area contributed by atoms with Gasteiger partial charge < -0.3 is 14.3 Å². The Balaban J connectivity index is 1.59. The van der Waals surface area contributed by atoms with E-state index >= 15 is 0 Å². The summed E-state index contributed by atoms with van der Waals surface area (Å²) >= 11 is 1.44. The maximum Gasteiger partial charge on any atom is 0.337 e. The van der Waals surface area contributed by atoms with Crippen LogP contribution < -0.4 is 5.56 Å². The molecular weight excluding hydrogens is 450 g/mol. The van der Waals surface area contributed by atoms with E-state index in [4.69, 9.17) is 4.74 Å². The van der Waals surface area contributed by atoms with Crippen molar-refractivity contribution in [2.45, 2.75) is 50.6 Å². The Labute approximate surface area is 201 Å². The number of ether oxygens (including phenoxy) is 1. The van der Waals surface area contributed by atoms with Gasteiger partial charge in [0.25, 0.3) is 5.56 Å². The van der Waals surface area contributed by atoms with Gasteiger partial charge in [0.05, 0.1) is 29.3 Å². The van der Waals surface area contributed by atoms with Gasteiger partial charge in [-0.25, -0.2) is 9.78 Å². The van der Waals surface area contributed by atoms with Crippen molar-refractivity contribution in [1.82, 2.24) is 24.7 Å². The Morgan fingerprint density at radius 2 is 1.85 bits per heavy atom. The van der Waals surface area contributed by atoms with Crippen LogP contribution in [0.15, 0.2) is 52.4 Å². The Kier molecular flexibility index (Phi) is 6.56. The Morgan fingerprint density at radius 3 is 2.50 bits per heavy atom. The van der Waals surface area contributed by atoms with Crippen LogP contribution in [0.5, 0.6) is 0 Å². The molecule has 2 aromatic heterocycles. The number of nitrogens with one attached hydrogen (secondary N) is 1. The first-order valence-electron chi connectivity index (χ1n) is 11.0. The van der Waals surface area contributed by atoms with Gasteiger partial charge in [-0.1, -0.05) is 56.8 Å². The van der Waals surface area contributed by atoms with Gasteiger partial charge in [-0.15, -0.1) is 10.2 Å². The second-order valence-corrected chi connectivity index (χ2v) is 9.85. The first kappa shape index (κ1) is 23.7. The normalized spacial score (nSPS) is 11.7. The molecule has 0 spiro atoms. The van der Waals surface area contributed by atoms with E-state index in [1.165, 1.54) is 24.4 Å². The summed E-state index contributed by atoms with van der Waals surface area (Å²) in [4.78, 5) is 31.7. The fourth-order valence-corrected chi connectivity index (χ4v) is 4.52. The number of hydrogen-bond donors (Lipinski definition) is 1. The minimum Gasteiger partial charge on any atom is -0.465 e. The average molecular weight is 478 g/mol. The molecule has 8 nitrogen and oxygen atoms in total. The summed E-state index contributed by atoms with van der Waals surface area (Å²) in [6.07, 6.45) is 0. The number of aromatic amines is 1. The van der Waals surface area contributed by atoms with E-state index in [9.17, 15) is 9.59 Å². The van der Waals surface area contributed by atoms with Crippen LogP contribution in [0.25, 0.3) is 22.3 Å². The Morgan fingerprint density at radius 1 is 1.12 bits per heavy atom. The van der Waals surface area contributed by atoms with E-state index in [1.54, 1.807) is 18.2 Å². The third-order valence-electron chi connectivity index (χ3n) is 5.56. The third-order valence-corrected chi connectivity index (χ3v) is 6.53. The molecular formula is C25H27N5O3S. The van der Waals surface area contributed by atoms with Crippen LogP contribution in [0.4, 0.5) is 0 Å². The zero-order valence-electron chi connectivity index (χ0n) is 19.9. The maximum absolute atomic E-state index is 12.5. The number of carbonyl (C=O) groups excluding carboxylic acids is 1. The third kappa shape index (κ3) is 4.75. The Hall–Kier alpha value is -3.46. The molecule has 0 amide bonds. The topological polar surface area (TPSA) is 103 Å². The molecule has 0 saturated carbocycles. The van der Waals surface area contributed by atoms with E-state index in [2.05, 4.69) is 65.2 Å². The van der Waals surface area contributed by atoms with Crippen LogP contribution >= 0.6 is 11.8 Å².